The first-order valence-corrected chi connectivity index (χ1v) is 6.93. The lowest BCUT2D eigenvalue weighted by molar-refractivity contribution is 0.243. The van der Waals surface area contributed by atoms with Gasteiger partial charge in [0.1, 0.15) is 11.1 Å². The number of hydrogen-bond donors (Lipinski definition) is 2. The largest absolute Gasteiger partial charge is 0.338 e. The van der Waals surface area contributed by atoms with Gasteiger partial charge >= 0.3 is 6.03 Å². The molecule has 0 bridgehead atoms. The highest BCUT2D eigenvalue weighted by Gasteiger charge is 2.28. The Bertz CT molecular complexity index is 531. The minimum atomic E-state index is -0.0793. The highest BCUT2D eigenvalue weighted by atomic mass is 32.1. The van der Waals surface area contributed by atoms with E-state index in [1.165, 1.54) is 4.88 Å². The quantitative estimate of drug-likeness (QED) is 0.798. The zero-order chi connectivity index (χ0) is 12.5. The van der Waals surface area contributed by atoms with Crippen molar-refractivity contribution in [2.24, 2.45) is 0 Å². The second-order valence-corrected chi connectivity index (χ2v) is 5.54. The zero-order valence-corrected chi connectivity index (χ0v) is 10.8. The summed E-state index contributed by atoms with van der Waals surface area (Å²) in [6.07, 6.45) is 1.81. The van der Waals surface area contributed by atoms with Gasteiger partial charge in [-0.2, -0.15) is 5.26 Å². The van der Waals surface area contributed by atoms with Crippen LogP contribution >= 0.6 is 11.3 Å². The molecule has 3 rings (SSSR count). The number of nitriles is 1. The van der Waals surface area contributed by atoms with Gasteiger partial charge in [-0.15, -0.1) is 11.3 Å². The number of fused-ring (bicyclic) bond motifs is 1. The van der Waals surface area contributed by atoms with E-state index in [1.54, 1.807) is 16.2 Å². The van der Waals surface area contributed by atoms with E-state index in [4.69, 9.17) is 0 Å². The van der Waals surface area contributed by atoms with Crippen LogP contribution in [0, 0.1) is 11.3 Å². The summed E-state index contributed by atoms with van der Waals surface area (Å²) in [7, 11) is 0. The molecule has 1 fully saturated rings. The number of hydrogen-bond acceptors (Lipinski definition) is 4. The minimum absolute atomic E-state index is 0.0793. The number of nitrogens with one attached hydrogen (secondary N) is 2. The van der Waals surface area contributed by atoms with Gasteiger partial charge in [-0.25, -0.2) is 4.79 Å². The third-order valence-electron chi connectivity index (χ3n) is 3.35. The van der Waals surface area contributed by atoms with E-state index >= 15 is 0 Å². The van der Waals surface area contributed by atoms with E-state index in [9.17, 15) is 10.1 Å². The Morgan fingerprint density at radius 3 is 3.06 bits per heavy atom. The van der Waals surface area contributed by atoms with Crippen LogP contribution in [0.1, 0.15) is 22.4 Å². The first-order chi connectivity index (χ1) is 8.81. The lowest BCUT2D eigenvalue weighted by Gasteiger charge is -2.26. The molecule has 2 N–H and O–H groups in total. The van der Waals surface area contributed by atoms with Gasteiger partial charge < -0.3 is 10.6 Å². The number of carbonyl (C=O) groups excluding carboxylic acids is 1. The van der Waals surface area contributed by atoms with Gasteiger partial charge in [-0.1, -0.05) is 0 Å². The van der Waals surface area contributed by atoms with Gasteiger partial charge in [0.05, 0.1) is 5.56 Å². The van der Waals surface area contributed by atoms with Gasteiger partial charge in [-0.3, -0.25) is 4.90 Å². The van der Waals surface area contributed by atoms with Crippen LogP contribution in [0.15, 0.2) is 0 Å². The molecule has 0 aromatic carbocycles. The third-order valence-corrected chi connectivity index (χ3v) is 4.60. The highest BCUT2D eigenvalue weighted by Crippen LogP contribution is 2.37. The number of rotatable bonds is 1. The Labute approximate surface area is 109 Å². The summed E-state index contributed by atoms with van der Waals surface area (Å²) in [6.45, 7) is 3.14. The highest BCUT2D eigenvalue weighted by molar-refractivity contribution is 7.16. The summed E-state index contributed by atoms with van der Waals surface area (Å²) in [6, 6.07) is 2.20. The fourth-order valence-electron chi connectivity index (χ4n) is 2.45. The molecule has 94 valence electrons. The normalized spacial score (nSPS) is 19.1. The number of anilines is 1. The lowest BCUT2D eigenvalue weighted by atomic mass is 10.0. The first kappa shape index (κ1) is 11.5. The van der Waals surface area contributed by atoms with Gasteiger partial charge in [0.2, 0.25) is 0 Å². The third kappa shape index (κ3) is 1.76. The second kappa shape index (κ2) is 4.59. The Kier molecular flexibility index (Phi) is 2.94. The van der Waals surface area contributed by atoms with E-state index in [0.717, 1.165) is 43.0 Å². The summed E-state index contributed by atoms with van der Waals surface area (Å²) in [4.78, 5) is 14.8. The maximum absolute atomic E-state index is 11.9. The number of carbonyl (C=O) groups is 1. The van der Waals surface area contributed by atoms with Crippen LogP contribution in [0.25, 0.3) is 0 Å². The fraction of sp³-hybridized carbons (Fsp3) is 0.500. The van der Waals surface area contributed by atoms with Crippen molar-refractivity contribution in [3.05, 3.63) is 16.0 Å². The molecule has 0 saturated carbocycles. The van der Waals surface area contributed by atoms with Crippen molar-refractivity contribution in [3.63, 3.8) is 0 Å². The molecule has 1 saturated heterocycles. The van der Waals surface area contributed by atoms with Crippen LogP contribution in [0.2, 0.25) is 0 Å². The molecule has 18 heavy (non-hydrogen) atoms. The van der Waals surface area contributed by atoms with Crippen molar-refractivity contribution in [2.45, 2.75) is 19.4 Å². The van der Waals surface area contributed by atoms with E-state index < -0.39 is 0 Å². The van der Waals surface area contributed by atoms with Crippen molar-refractivity contribution in [2.75, 3.05) is 24.5 Å². The van der Waals surface area contributed by atoms with Crippen LogP contribution in [-0.4, -0.2) is 25.7 Å². The molecule has 0 unspecified atom stereocenters. The molecule has 3 heterocycles. The Morgan fingerprint density at radius 2 is 2.28 bits per heavy atom. The van der Waals surface area contributed by atoms with Crippen LogP contribution < -0.4 is 15.5 Å². The van der Waals surface area contributed by atoms with Crippen molar-refractivity contribution in [1.82, 2.24) is 10.6 Å². The molecule has 1 aromatic heterocycles. The molecular weight excluding hydrogens is 248 g/mol. The van der Waals surface area contributed by atoms with Crippen molar-refractivity contribution >= 4 is 22.4 Å². The molecule has 0 radical (unpaired) electrons. The van der Waals surface area contributed by atoms with Crippen LogP contribution in [0.3, 0.4) is 0 Å². The lowest BCUT2D eigenvalue weighted by Crippen LogP contribution is -2.46. The molecule has 0 atom stereocenters. The SMILES string of the molecule is N#Cc1c(N2CCCNC2=O)sc2c1CCNC2. The summed E-state index contributed by atoms with van der Waals surface area (Å²) >= 11 is 1.58. The van der Waals surface area contributed by atoms with Crippen LogP contribution in [0.5, 0.6) is 0 Å². The average molecular weight is 262 g/mol. The van der Waals surface area contributed by atoms with Crippen molar-refractivity contribution < 1.29 is 4.79 Å². The van der Waals surface area contributed by atoms with E-state index in [0.29, 0.717) is 12.1 Å². The smallest absolute Gasteiger partial charge is 0.322 e. The topological polar surface area (TPSA) is 68.2 Å². The predicted molar refractivity (Wildman–Crippen MR) is 69.8 cm³/mol. The Balaban J connectivity index is 2.03. The molecule has 5 nitrogen and oxygen atoms in total. The molecule has 6 heteroatoms. The number of nitrogens with zero attached hydrogens (tertiary/aromatic N) is 2. The van der Waals surface area contributed by atoms with Gasteiger partial charge in [-0.05, 0) is 24.9 Å². The summed E-state index contributed by atoms with van der Waals surface area (Å²) in [5.74, 6) is 0. The van der Waals surface area contributed by atoms with Gasteiger partial charge in [0.15, 0.2) is 0 Å². The number of urea groups is 1. The molecule has 0 aliphatic carbocycles. The standard InChI is InChI=1S/C12H14N4OS/c13-6-9-8-2-4-14-7-10(8)18-11(9)16-5-1-3-15-12(16)17/h14H,1-5,7H2,(H,15,17). The molecule has 1 aromatic rings. The van der Waals surface area contributed by atoms with Crippen LogP contribution in [0.4, 0.5) is 9.80 Å². The van der Waals surface area contributed by atoms with Crippen molar-refractivity contribution in [1.29, 1.82) is 5.26 Å². The summed E-state index contributed by atoms with van der Waals surface area (Å²) in [5, 5.41) is 16.3. The maximum Gasteiger partial charge on any atom is 0.322 e. The summed E-state index contributed by atoms with van der Waals surface area (Å²) < 4.78 is 0. The van der Waals surface area contributed by atoms with Gasteiger partial charge in [0, 0.05) is 24.5 Å². The molecule has 2 amide bonds. The number of amides is 2. The maximum atomic E-state index is 11.9. The Hall–Kier alpha value is -1.58. The molecule has 2 aliphatic heterocycles. The van der Waals surface area contributed by atoms with Crippen molar-refractivity contribution in [3.8, 4) is 6.07 Å². The molecule has 2 aliphatic rings. The molecule has 0 spiro atoms. The predicted octanol–water partition coefficient (Wildman–Crippen LogP) is 1.19. The van der Waals surface area contributed by atoms with E-state index in [-0.39, 0.29) is 6.03 Å². The first-order valence-electron chi connectivity index (χ1n) is 6.12. The zero-order valence-electron chi connectivity index (χ0n) is 9.95. The minimum Gasteiger partial charge on any atom is -0.338 e. The summed E-state index contributed by atoms with van der Waals surface area (Å²) in [5.41, 5.74) is 1.84. The van der Waals surface area contributed by atoms with Crippen LogP contribution in [-0.2, 0) is 13.0 Å². The molecular formula is C12H14N4OS. The van der Waals surface area contributed by atoms with E-state index in [2.05, 4.69) is 16.7 Å². The Morgan fingerprint density at radius 1 is 1.39 bits per heavy atom. The number of thiophene rings is 1. The average Bonchev–Trinajstić information content (AvgIpc) is 2.77. The van der Waals surface area contributed by atoms with E-state index in [1.807, 2.05) is 0 Å². The fourth-order valence-corrected chi connectivity index (χ4v) is 3.74. The van der Waals surface area contributed by atoms with Gasteiger partial charge in [0.25, 0.3) is 0 Å². The second-order valence-electron chi connectivity index (χ2n) is 4.46. The monoisotopic (exact) mass is 262 g/mol.